The van der Waals surface area contributed by atoms with E-state index in [1.165, 1.54) is 23.9 Å². The third kappa shape index (κ3) is 3.46. The molecule has 3 rings (SSSR count). The van der Waals surface area contributed by atoms with Crippen molar-refractivity contribution in [1.29, 1.82) is 0 Å². The van der Waals surface area contributed by atoms with E-state index in [1.54, 1.807) is 6.08 Å². The number of hydrogen-bond donors (Lipinski definition) is 1. The molecule has 0 unspecified atom stereocenters. The van der Waals surface area contributed by atoms with Crippen molar-refractivity contribution in [2.75, 3.05) is 0 Å². The highest BCUT2D eigenvalue weighted by Gasteiger charge is 2.13. The second kappa shape index (κ2) is 7.14. The second-order valence-electron chi connectivity index (χ2n) is 5.64. The minimum Gasteiger partial charge on any atom is -0.508 e. The Bertz CT molecular complexity index is 991. The highest BCUT2D eigenvalue weighted by Crippen LogP contribution is 2.30. The van der Waals surface area contributed by atoms with Crippen LogP contribution in [0.15, 0.2) is 45.2 Å². The molecule has 0 fully saturated rings. The monoisotopic (exact) mass is 357 g/mol. The SMILES string of the molecule is C=CCn1c(C)nnc1SCc1cc(=O)oc2cc(O)c(CC)cc12. The summed E-state index contributed by atoms with van der Waals surface area (Å²) in [5.41, 5.74) is 1.62. The van der Waals surface area contributed by atoms with Gasteiger partial charge in [0.15, 0.2) is 5.16 Å². The Kier molecular flexibility index (Phi) is 4.94. The number of hydrogen-bond acceptors (Lipinski definition) is 6. The molecule has 0 aliphatic rings. The lowest BCUT2D eigenvalue weighted by molar-refractivity contribution is 0.466. The Morgan fingerprint density at radius 3 is 2.84 bits per heavy atom. The Morgan fingerprint density at radius 2 is 2.12 bits per heavy atom. The van der Waals surface area contributed by atoms with Gasteiger partial charge in [0.05, 0.1) is 0 Å². The predicted molar refractivity (Wildman–Crippen MR) is 98.0 cm³/mol. The average Bonchev–Trinajstić information content (AvgIpc) is 2.92. The van der Waals surface area contributed by atoms with Crippen LogP contribution >= 0.6 is 11.8 Å². The quantitative estimate of drug-likeness (QED) is 0.413. The van der Waals surface area contributed by atoms with Crippen LogP contribution in [0.1, 0.15) is 23.9 Å². The molecule has 130 valence electrons. The minimum absolute atomic E-state index is 0.143. The normalized spacial score (nSPS) is 11.1. The number of aromatic nitrogens is 3. The fraction of sp³-hybridized carbons (Fsp3) is 0.278. The summed E-state index contributed by atoms with van der Waals surface area (Å²) >= 11 is 1.50. The van der Waals surface area contributed by atoms with Gasteiger partial charge < -0.3 is 14.1 Å². The summed E-state index contributed by atoms with van der Waals surface area (Å²) in [5.74, 6) is 1.51. The minimum atomic E-state index is -0.435. The van der Waals surface area contributed by atoms with Crippen molar-refractivity contribution in [3.8, 4) is 5.75 Å². The number of phenolic OH excluding ortho intramolecular Hbond substituents is 1. The molecule has 2 aromatic heterocycles. The van der Waals surface area contributed by atoms with Crippen molar-refractivity contribution in [3.05, 3.63) is 58.2 Å². The van der Waals surface area contributed by atoms with Crippen LogP contribution in [0.4, 0.5) is 0 Å². The van der Waals surface area contributed by atoms with E-state index < -0.39 is 5.63 Å². The molecule has 0 saturated carbocycles. The van der Waals surface area contributed by atoms with Gasteiger partial charge in [-0.05, 0) is 30.5 Å². The fourth-order valence-corrected chi connectivity index (χ4v) is 3.64. The number of phenols is 1. The molecule has 0 radical (unpaired) electrons. The van der Waals surface area contributed by atoms with E-state index in [1.807, 2.05) is 24.5 Å². The van der Waals surface area contributed by atoms with Gasteiger partial charge in [-0.2, -0.15) is 0 Å². The highest BCUT2D eigenvalue weighted by atomic mass is 32.2. The first kappa shape index (κ1) is 17.3. The number of allylic oxidation sites excluding steroid dienone is 1. The highest BCUT2D eigenvalue weighted by molar-refractivity contribution is 7.98. The Balaban J connectivity index is 1.98. The molecular weight excluding hydrogens is 338 g/mol. The van der Waals surface area contributed by atoms with Crippen LogP contribution in [-0.4, -0.2) is 19.9 Å². The lowest BCUT2D eigenvalue weighted by Gasteiger charge is -2.09. The Morgan fingerprint density at radius 1 is 1.32 bits per heavy atom. The van der Waals surface area contributed by atoms with E-state index >= 15 is 0 Å². The van der Waals surface area contributed by atoms with E-state index in [0.29, 0.717) is 24.3 Å². The van der Waals surface area contributed by atoms with Gasteiger partial charge in [-0.3, -0.25) is 0 Å². The van der Waals surface area contributed by atoms with E-state index in [0.717, 1.165) is 27.5 Å². The molecule has 1 aromatic carbocycles. The van der Waals surface area contributed by atoms with Gasteiger partial charge in [0, 0.05) is 29.8 Å². The number of aryl methyl sites for hydroxylation is 2. The van der Waals surface area contributed by atoms with Crippen LogP contribution in [0.3, 0.4) is 0 Å². The third-order valence-electron chi connectivity index (χ3n) is 3.98. The maximum absolute atomic E-state index is 11.9. The standard InChI is InChI=1S/C18H19N3O3S/c1-4-6-21-11(3)19-20-18(21)25-10-13-8-17(23)24-16-9-15(22)12(5-2)7-14(13)16/h4,7-9,22H,1,5-6,10H2,2-3H3. The van der Waals surface area contributed by atoms with Crippen LogP contribution in [-0.2, 0) is 18.7 Å². The zero-order chi connectivity index (χ0) is 18.0. The van der Waals surface area contributed by atoms with Crippen molar-refractivity contribution >= 4 is 22.7 Å². The van der Waals surface area contributed by atoms with E-state index in [4.69, 9.17) is 4.42 Å². The topological polar surface area (TPSA) is 81.2 Å². The van der Waals surface area contributed by atoms with Crippen molar-refractivity contribution in [1.82, 2.24) is 14.8 Å². The zero-order valence-electron chi connectivity index (χ0n) is 14.2. The Labute approximate surface area is 149 Å². The van der Waals surface area contributed by atoms with Crippen LogP contribution in [0.2, 0.25) is 0 Å². The molecule has 25 heavy (non-hydrogen) atoms. The zero-order valence-corrected chi connectivity index (χ0v) is 15.0. The molecule has 6 nitrogen and oxygen atoms in total. The summed E-state index contributed by atoms with van der Waals surface area (Å²) in [6, 6.07) is 4.88. The van der Waals surface area contributed by atoms with Gasteiger partial charge in [-0.25, -0.2) is 4.79 Å². The van der Waals surface area contributed by atoms with Gasteiger partial charge >= 0.3 is 5.63 Å². The van der Waals surface area contributed by atoms with Crippen LogP contribution in [0, 0.1) is 6.92 Å². The van der Waals surface area contributed by atoms with Gasteiger partial charge in [-0.15, -0.1) is 16.8 Å². The molecular formula is C18H19N3O3S. The first-order valence-corrected chi connectivity index (χ1v) is 8.94. The number of nitrogens with zero attached hydrogens (tertiary/aromatic N) is 3. The number of fused-ring (bicyclic) bond motifs is 1. The Hall–Kier alpha value is -2.54. The maximum atomic E-state index is 11.9. The molecule has 1 N–H and O–H groups in total. The third-order valence-corrected chi connectivity index (χ3v) is 5.00. The van der Waals surface area contributed by atoms with Gasteiger partial charge in [0.1, 0.15) is 17.2 Å². The lowest BCUT2D eigenvalue weighted by atomic mass is 10.1. The molecule has 0 atom stereocenters. The first-order chi connectivity index (χ1) is 12.0. The number of aromatic hydroxyl groups is 1. The van der Waals surface area contributed by atoms with Crippen molar-refractivity contribution in [2.24, 2.45) is 0 Å². The summed E-state index contributed by atoms with van der Waals surface area (Å²) in [6.07, 6.45) is 2.49. The number of rotatable bonds is 6. The van der Waals surface area contributed by atoms with E-state index in [9.17, 15) is 9.90 Å². The number of benzene rings is 1. The van der Waals surface area contributed by atoms with Crippen molar-refractivity contribution in [3.63, 3.8) is 0 Å². The molecule has 0 bridgehead atoms. The lowest BCUT2D eigenvalue weighted by Crippen LogP contribution is -2.02. The first-order valence-electron chi connectivity index (χ1n) is 7.95. The fourth-order valence-electron chi connectivity index (χ4n) is 2.66. The van der Waals surface area contributed by atoms with Crippen LogP contribution in [0.5, 0.6) is 5.75 Å². The summed E-state index contributed by atoms with van der Waals surface area (Å²) in [6.45, 7) is 8.24. The smallest absolute Gasteiger partial charge is 0.336 e. The van der Waals surface area contributed by atoms with Crippen LogP contribution < -0.4 is 5.63 Å². The molecule has 0 amide bonds. The van der Waals surface area contributed by atoms with Gasteiger partial charge in [0.2, 0.25) is 0 Å². The summed E-state index contributed by atoms with van der Waals surface area (Å²) in [5, 5.41) is 19.9. The molecule has 0 aliphatic heterocycles. The summed E-state index contributed by atoms with van der Waals surface area (Å²) in [7, 11) is 0. The van der Waals surface area contributed by atoms with Crippen LogP contribution in [0.25, 0.3) is 11.0 Å². The number of thioether (sulfide) groups is 1. The average molecular weight is 357 g/mol. The largest absolute Gasteiger partial charge is 0.508 e. The summed E-state index contributed by atoms with van der Waals surface area (Å²) in [4.78, 5) is 11.9. The van der Waals surface area contributed by atoms with E-state index in [2.05, 4.69) is 16.8 Å². The maximum Gasteiger partial charge on any atom is 0.336 e. The van der Waals surface area contributed by atoms with Gasteiger partial charge in [-0.1, -0.05) is 24.8 Å². The van der Waals surface area contributed by atoms with Crippen molar-refractivity contribution < 1.29 is 9.52 Å². The molecule has 0 spiro atoms. The molecule has 0 aliphatic carbocycles. The second-order valence-corrected chi connectivity index (χ2v) is 6.58. The predicted octanol–water partition coefficient (Wildman–Crippen LogP) is 3.44. The molecule has 2 heterocycles. The van der Waals surface area contributed by atoms with E-state index in [-0.39, 0.29) is 5.75 Å². The van der Waals surface area contributed by atoms with Crippen molar-refractivity contribution in [2.45, 2.75) is 37.7 Å². The molecule has 0 saturated heterocycles. The molecule has 3 aromatic rings. The van der Waals surface area contributed by atoms with Gasteiger partial charge in [0.25, 0.3) is 0 Å². The molecule has 7 heteroatoms. The summed E-state index contributed by atoms with van der Waals surface area (Å²) < 4.78 is 7.20.